The summed E-state index contributed by atoms with van der Waals surface area (Å²) < 4.78 is 5.12. The van der Waals surface area contributed by atoms with Crippen LogP contribution in [0.5, 0.6) is 5.75 Å². The minimum atomic E-state index is 0.0442. The number of anilines is 1. The second-order valence-electron chi connectivity index (χ2n) is 5.45. The molecule has 0 aromatic heterocycles. The summed E-state index contributed by atoms with van der Waals surface area (Å²) in [6, 6.07) is 5.68. The number of hydrogen-bond donors (Lipinski definition) is 2. The Morgan fingerprint density at radius 1 is 1.45 bits per heavy atom. The van der Waals surface area contributed by atoms with Gasteiger partial charge < -0.3 is 15.8 Å². The predicted molar refractivity (Wildman–Crippen MR) is 81.6 cm³/mol. The number of methoxy groups -OCH3 is 1. The molecule has 0 radical (unpaired) electrons. The van der Waals surface area contributed by atoms with Crippen LogP contribution in [0.2, 0.25) is 0 Å². The van der Waals surface area contributed by atoms with Crippen molar-refractivity contribution < 1.29 is 9.53 Å². The topological polar surface area (TPSA) is 67.6 Å². The summed E-state index contributed by atoms with van der Waals surface area (Å²) in [6.45, 7) is 5.90. The van der Waals surface area contributed by atoms with Gasteiger partial charge in [-0.05, 0) is 30.7 Å². The first-order chi connectivity index (χ1) is 9.42. The van der Waals surface area contributed by atoms with E-state index < -0.39 is 0 Å². The molecule has 20 heavy (non-hydrogen) atoms. The average molecular weight is 279 g/mol. The van der Waals surface area contributed by atoms with E-state index in [4.69, 9.17) is 10.5 Å². The molecule has 0 fully saturated rings. The van der Waals surface area contributed by atoms with Gasteiger partial charge in [0.2, 0.25) is 5.91 Å². The van der Waals surface area contributed by atoms with Crippen molar-refractivity contribution in [1.82, 2.24) is 10.2 Å². The van der Waals surface area contributed by atoms with Crippen molar-refractivity contribution in [1.29, 1.82) is 0 Å². The van der Waals surface area contributed by atoms with Crippen LogP contribution in [0, 0.1) is 5.92 Å². The van der Waals surface area contributed by atoms with E-state index in [2.05, 4.69) is 19.2 Å². The minimum absolute atomic E-state index is 0.0442. The monoisotopic (exact) mass is 279 g/mol. The van der Waals surface area contributed by atoms with Crippen molar-refractivity contribution in [2.75, 3.05) is 33.0 Å². The Kier molecular flexibility index (Phi) is 6.31. The molecule has 0 spiro atoms. The molecule has 0 saturated heterocycles. The molecule has 0 heterocycles. The fourth-order valence-electron chi connectivity index (χ4n) is 1.87. The van der Waals surface area contributed by atoms with E-state index in [1.807, 2.05) is 30.1 Å². The number of carbonyl (C=O) groups is 1. The molecule has 5 nitrogen and oxygen atoms in total. The van der Waals surface area contributed by atoms with Gasteiger partial charge in [-0.15, -0.1) is 0 Å². The maximum atomic E-state index is 11.7. The van der Waals surface area contributed by atoms with Crippen LogP contribution in [-0.4, -0.2) is 38.1 Å². The maximum Gasteiger partial charge on any atom is 0.234 e. The van der Waals surface area contributed by atoms with Crippen molar-refractivity contribution in [2.45, 2.75) is 20.4 Å². The zero-order valence-corrected chi connectivity index (χ0v) is 12.8. The van der Waals surface area contributed by atoms with Gasteiger partial charge in [0, 0.05) is 13.1 Å². The summed E-state index contributed by atoms with van der Waals surface area (Å²) in [6.07, 6.45) is 0. The van der Waals surface area contributed by atoms with Crippen LogP contribution in [0.15, 0.2) is 18.2 Å². The van der Waals surface area contributed by atoms with Crippen molar-refractivity contribution >= 4 is 11.6 Å². The zero-order chi connectivity index (χ0) is 15.1. The summed E-state index contributed by atoms with van der Waals surface area (Å²) >= 11 is 0. The van der Waals surface area contributed by atoms with Crippen LogP contribution in [0.3, 0.4) is 0 Å². The van der Waals surface area contributed by atoms with Crippen molar-refractivity contribution in [3.8, 4) is 5.75 Å². The van der Waals surface area contributed by atoms with Gasteiger partial charge in [0.05, 0.1) is 19.3 Å². The van der Waals surface area contributed by atoms with Crippen LogP contribution >= 0.6 is 0 Å². The highest BCUT2D eigenvalue weighted by atomic mass is 16.5. The van der Waals surface area contributed by atoms with E-state index >= 15 is 0 Å². The molecule has 0 aliphatic carbocycles. The van der Waals surface area contributed by atoms with Crippen LogP contribution in [0.4, 0.5) is 5.69 Å². The molecule has 0 bridgehead atoms. The molecule has 1 rings (SSSR count). The second kappa shape index (κ2) is 7.75. The fraction of sp³-hybridized carbons (Fsp3) is 0.533. The van der Waals surface area contributed by atoms with E-state index in [1.54, 1.807) is 7.11 Å². The molecule has 3 N–H and O–H groups in total. The number of rotatable bonds is 7. The Bertz CT molecular complexity index is 447. The normalized spacial score (nSPS) is 10.9. The number of carbonyl (C=O) groups excluding carboxylic acids is 1. The summed E-state index contributed by atoms with van der Waals surface area (Å²) in [4.78, 5) is 13.7. The molecule has 1 amide bonds. The third-order valence-corrected chi connectivity index (χ3v) is 2.87. The number of amides is 1. The summed E-state index contributed by atoms with van der Waals surface area (Å²) in [5.74, 6) is 1.18. The lowest BCUT2D eigenvalue weighted by Crippen LogP contribution is -2.36. The fourth-order valence-corrected chi connectivity index (χ4v) is 1.87. The number of ether oxygens (including phenoxy) is 1. The van der Waals surface area contributed by atoms with Crippen molar-refractivity contribution in [3.05, 3.63) is 23.8 Å². The number of nitrogens with zero attached hydrogens (tertiary/aromatic N) is 1. The lowest BCUT2D eigenvalue weighted by Gasteiger charge is -2.17. The number of benzene rings is 1. The summed E-state index contributed by atoms with van der Waals surface area (Å²) in [5.41, 5.74) is 7.54. The van der Waals surface area contributed by atoms with Gasteiger partial charge in [-0.3, -0.25) is 9.69 Å². The van der Waals surface area contributed by atoms with Gasteiger partial charge in [-0.25, -0.2) is 0 Å². The van der Waals surface area contributed by atoms with E-state index in [0.29, 0.717) is 37.0 Å². The third-order valence-electron chi connectivity index (χ3n) is 2.87. The summed E-state index contributed by atoms with van der Waals surface area (Å²) in [5, 5.41) is 2.90. The molecule has 0 unspecified atom stereocenters. The van der Waals surface area contributed by atoms with Crippen LogP contribution < -0.4 is 15.8 Å². The van der Waals surface area contributed by atoms with Gasteiger partial charge in [0.15, 0.2) is 0 Å². The molecule has 1 aromatic carbocycles. The van der Waals surface area contributed by atoms with Crippen LogP contribution in [0.1, 0.15) is 19.4 Å². The molecule has 1 aromatic rings. The number of nitrogens with two attached hydrogens (primary N) is 1. The SMILES string of the molecule is COc1ccc(CN(C)CC(=O)NCC(C)C)cc1N. The molecule has 0 aliphatic heterocycles. The smallest absolute Gasteiger partial charge is 0.234 e. The predicted octanol–water partition coefficient (Wildman–Crippen LogP) is 1.48. The Morgan fingerprint density at radius 2 is 2.15 bits per heavy atom. The van der Waals surface area contributed by atoms with E-state index in [1.165, 1.54) is 0 Å². The van der Waals surface area contributed by atoms with E-state index in [-0.39, 0.29) is 5.91 Å². The highest BCUT2D eigenvalue weighted by Gasteiger charge is 2.08. The standard InChI is InChI=1S/C15H25N3O2/c1-11(2)8-17-15(19)10-18(3)9-12-5-6-14(20-4)13(16)7-12/h5-7,11H,8-10,16H2,1-4H3,(H,17,19). The average Bonchev–Trinajstić information content (AvgIpc) is 2.36. The maximum absolute atomic E-state index is 11.7. The molecule has 0 atom stereocenters. The Morgan fingerprint density at radius 3 is 2.70 bits per heavy atom. The highest BCUT2D eigenvalue weighted by Crippen LogP contribution is 2.22. The number of nitrogen functional groups attached to an aromatic ring is 1. The second-order valence-corrected chi connectivity index (χ2v) is 5.45. The quantitative estimate of drug-likeness (QED) is 0.742. The molecule has 0 aliphatic rings. The van der Waals surface area contributed by atoms with Gasteiger partial charge in [0.1, 0.15) is 5.75 Å². The lowest BCUT2D eigenvalue weighted by atomic mass is 10.2. The Hall–Kier alpha value is -1.75. The van der Waals surface area contributed by atoms with Crippen molar-refractivity contribution in [3.63, 3.8) is 0 Å². The Labute approximate surface area is 121 Å². The lowest BCUT2D eigenvalue weighted by molar-refractivity contribution is -0.122. The first-order valence-corrected chi connectivity index (χ1v) is 6.80. The highest BCUT2D eigenvalue weighted by molar-refractivity contribution is 5.77. The third kappa shape index (κ3) is 5.48. The van der Waals surface area contributed by atoms with Gasteiger partial charge in [-0.2, -0.15) is 0 Å². The number of hydrogen-bond acceptors (Lipinski definition) is 4. The molecular weight excluding hydrogens is 254 g/mol. The van der Waals surface area contributed by atoms with Crippen molar-refractivity contribution in [2.24, 2.45) is 5.92 Å². The van der Waals surface area contributed by atoms with Gasteiger partial charge >= 0.3 is 0 Å². The first-order valence-electron chi connectivity index (χ1n) is 6.80. The summed E-state index contributed by atoms with van der Waals surface area (Å²) in [7, 11) is 3.51. The molecule has 0 saturated carbocycles. The number of nitrogens with one attached hydrogen (secondary N) is 1. The molecular formula is C15H25N3O2. The van der Waals surface area contributed by atoms with Crippen LogP contribution in [-0.2, 0) is 11.3 Å². The number of likely N-dealkylation sites (N-methyl/N-ethyl adjacent to an activating group) is 1. The zero-order valence-electron chi connectivity index (χ0n) is 12.8. The van der Waals surface area contributed by atoms with Gasteiger partial charge in [-0.1, -0.05) is 19.9 Å². The Balaban J connectivity index is 2.47. The van der Waals surface area contributed by atoms with Crippen LogP contribution in [0.25, 0.3) is 0 Å². The largest absolute Gasteiger partial charge is 0.495 e. The van der Waals surface area contributed by atoms with E-state index in [9.17, 15) is 4.79 Å². The molecule has 5 heteroatoms. The minimum Gasteiger partial charge on any atom is -0.495 e. The van der Waals surface area contributed by atoms with Gasteiger partial charge in [0.25, 0.3) is 0 Å². The molecule has 112 valence electrons. The van der Waals surface area contributed by atoms with E-state index in [0.717, 1.165) is 5.56 Å². The first kappa shape index (κ1) is 16.3.